The summed E-state index contributed by atoms with van der Waals surface area (Å²) in [6.07, 6.45) is 13.9. The summed E-state index contributed by atoms with van der Waals surface area (Å²) in [5.74, 6) is 0.706. The molecular formula is C18H20N6. The van der Waals surface area contributed by atoms with Crippen molar-refractivity contribution in [3.05, 3.63) is 31.0 Å². The van der Waals surface area contributed by atoms with E-state index in [1.807, 2.05) is 18.5 Å². The van der Waals surface area contributed by atoms with Gasteiger partial charge in [0.2, 0.25) is 0 Å². The number of nitriles is 1. The Balaban J connectivity index is 1.50. The fourth-order valence-corrected chi connectivity index (χ4v) is 3.73. The molecule has 1 aliphatic carbocycles. The molecule has 0 unspecified atom stereocenters. The lowest BCUT2D eigenvalue weighted by molar-refractivity contribution is 0.253. The zero-order chi connectivity index (χ0) is 16.4. The van der Waals surface area contributed by atoms with E-state index in [9.17, 15) is 0 Å². The molecule has 3 heterocycles. The second kappa shape index (κ2) is 6.44. The van der Waals surface area contributed by atoms with Gasteiger partial charge in [-0.2, -0.15) is 10.4 Å². The number of nitrogens with one attached hydrogen (secondary N) is 1. The number of hydrogen-bond donors (Lipinski definition) is 1. The average Bonchev–Trinajstić information content (AvgIpc) is 3.29. The summed E-state index contributed by atoms with van der Waals surface area (Å²) in [6, 6.07) is 4.72. The van der Waals surface area contributed by atoms with Crippen LogP contribution >= 0.6 is 0 Å². The van der Waals surface area contributed by atoms with Gasteiger partial charge in [0, 0.05) is 29.8 Å². The fourth-order valence-electron chi connectivity index (χ4n) is 3.73. The molecule has 0 radical (unpaired) electrons. The Morgan fingerprint density at radius 3 is 2.96 bits per heavy atom. The Labute approximate surface area is 140 Å². The Kier molecular flexibility index (Phi) is 3.99. The van der Waals surface area contributed by atoms with Crippen molar-refractivity contribution in [2.45, 2.75) is 44.6 Å². The van der Waals surface area contributed by atoms with Crippen LogP contribution in [-0.2, 0) is 0 Å². The predicted octanol–water partition coefficient (Wildman–Crippen LogP) is 3.86. The fraction of sp³-hybridized carbons (Fsp3) is 0.444. The zero-order valence-corrected chi connectivity index (χ0v) is 13.5. The van der Waals surface area contributed by atoms with E-state index in [4.69, 9.17) is 5.26 Å². The maximum atomic E-state index is 8.72. The Morgan fingerprint density at radius 2 is 2.12 bits per heavy atom. The van der Waals surface area contributed by atoms with E-state index in [2.05, 4.69) is 37.0 Å². The normalized spacial score (nSPS) is 21.0. The van der Waals surface area contributed by atoms with Gasteiger partial charge in [-0.25, -0.2) is 9.97 Å². The van der Waals surface area contributed by atoms with Crippen LogP contribution in [0.5, 0.6) is 0 Å². The van der Waals surface area contributed by atoms with Crippen LogP contribution in [0.2, 0.25) is 0 Å². The summed E-state index contributed by atoms with van der Waals surface area (Å²) in [5.41, 5.74) is 2.81. The number of fused-ring (bicyclic) bond motifs is 1. The van der Waals surface area contributed by atoms with Gasteiger partial charge >= 0.3 is 0 Å². The minimum Gasteiger partial charge on any atom is -0.346 e. The number of nitrogens with zero attached hydrogens (tertiary/aromatic N) is 5. The van der Waals surface area contributed by atoms with Crippen molar-refractivity contribution in [2.75, 3.05) is 0 Å². The molecule has 1 aliphatic rings. The smallest absolute Gasteiger partial charge is 0.141 e. The Bertz CT molecular complexity index is 863. The molecule has 3 aromatic rings. The van der Waals surface area contributed by atoms with Crippen molar-refractivity contribution in [2.24, 2.45) is 5.92 Å². The van der Waals surface area contributed by atoms with E-state index in [1.165, 1.54) is 12.8 Å². The first-order valence-corrected chi connectivity index (χ1v) is 8.54. The highest BCUT2D eigenvalue weighted by molar-refractivity contribution is 5.89. The number of H-pyrrole nitrogens is 1. The third-order valence-corrected chi connectivity index (χ3v) is 5.08. The van der Waals surface area contributed by atoms with Gasteiger partial charge in [-0.15, -0.1) is 0 Å². The maximum absolute atomic E-state index is 8.72. The molecule has 6 heteroatoms. The van der Waals surface area contributed by atoms with Crippen molar-refractivity contribution in [1.82, 2.24) is 24.7 Å². The molecule has 0 amide bonds. The predicted molar refractivity (Wildman–Crippen MR) is 91.0 cm³/mol. The lowest BCUT2D eigenvalue weighted by Gasteiger charge is -2.28. The van der Waals surface area contributed by atoms with Gasteiger partial charge < -0.3 is 4.98 Å². The zero-order valence-electron chi connectivity index (χ0n) is 13.5. The molecule has 122 valence electrons. The van der Waals surface area contributed by atoms with Crippen molar-refractivity contribution in [1.29, 1.82) is 5.26 Å². The maximum Gasteiger partial charge on any atom is 0.141 e. The number of rotatable bonds is 4. The lowest BCUT2D eigenvalue weighted by atomic mass is 9.83. The standard InChI is InChI=1S/C18H20N6/c19-8-1-2-13-3-5-15(6-4-13)24-11-14(10-23-24)17-16-7-9-20-18(16)22-12-21-17/h7,9-13,15H,1-6H2,(H,20,21,22). The molecule has 3 aromatic heterocycles. The van der Waals surface area contributed by atoms with Crippen molar-refractivity contribution >= 4 is 11.0 Å². The molecule has 24 heavy (non-hydrogen) atoms. The minimum absolute atomic E-state index is 0.459. The van der Waals surface area contributed by atoms with Gasteiger partial charge in [0.1, 0.15) is 12.0 Å². The van der Waals surface area contributed by atoms with Gasteiger partial charge in [0.25, 0.3) is 0 Å². The van der Waals surface area contributed by atoms with Crippen LogP contribution in [0.3, 0.4) is 0 Å². The summed E-state index contributed by atoms with van der Waals surface area (Å²) in [7, 11) is 0. The highest BCUT2D eigenvalue weighted by Crippen LogP contribution is 2.35. The molecule has 1 N–H and O–H groups in total. The third kappa shape index (κ3) is 2.78. The second-order valence-corrected chi connectivity index (χ2v) is 6.54. The van der Waals surface area contributed by atoms with Crippen LogP contribution in [0.25, 0.3) is 22.3 Å². The van der Waals surface area contributed by atoms with Gasteiger partial charge in [-0.05, 0) is 44.1 Å². The van der Waals surface area contributed by atoms with Gasteiger partial charge in [-0.1, -0.05) is 0 Å². The van der Waals surface area contributed by atoms with E-state index in [1.54, 1.807) is 6.33 Å². The molecule has 0 aliphatic heterocycles. The highest BCUT2D eigenvalue weighted by Gasteiger charge is 2.23. The van der Waals surface area contributed by atoms with E-state index in [-0.39, 0.29) is 0 Å². The van der Waals surface area contributed by atoms with Gasteiger partial charge in [0.15, 0.2) is 0 Å². The average molecular weight is 320 g/mol. The Hall–Kier alpha value is -2.68. The second-order valence-electron chi connectivity index (χ2n) is 6.54. The minimum atomic E-state index is 0.459. The molecule has 1 fully saturated rings. The largest absolute Gasteiger partial charge is 0.346 e. The lowest BCUT2D eigenvalue weighted by Crippen LogP contribution is -2.18. The van der Waals surface area contributed by atoms with Gasteiger partial charge in [0.05, 0.1) is 24.0 Å². The molecule has 0 spiro atoms. The van der Waals surface area contributed by atoms with E-state index in [0.717, 1.165) is 41.6 Å². The number of aromatic nitrogens is 5. The van der Waals surface area contributed by atoms with Crippen LogP contribution in [0.1, 0.15) is 44.6 Å². The first kappa shape index (κ1) is 14.9. The van der Waals surface area contributed by atoms with Crippen molar-refractivity contribution in [3.63, 3.8) is 0 Å². The number of aromatic amines is 1. The SMILES string of the molecule is N#CCCC1CCC(n2cc(-c3ncnc4[nH]ccc34)cn2)CC1. The van der Waals surface area contributed by atoms with Crippen molar-refractivity contribution in [3.8, 4) is 17.3 Å². The van der Waals surface area contributed by atoms with Crippen LogP contribution in [0.4, 0.5) is 0 Å². The first-order valence-electron chi connectivity index (χ1n) is 8.54. The molecule has 0 bridgehead atoms. The summed E-state index contributed by atoms with van der Waals surface area (Å²) >= 11 is 0. The molecule has 4 rings (SSSR count). The monoisotopic (exact) mass is 320 g/mol. The van der Waals surface area contributed by atoms with E-state index < -0.39 is 0 Å². The molecule has 0 saturated heterocycles. The summed E-state index contributed by atoms with van der Waals surface area (Å²) in [5, 5.41) is 14.3. The molecule has 1 saturated carbocycles. The van der Waals surface area contributed by atoms with Crippen LogP contribution in [0, 0.1) is 17.2 Å². The van der Waals surface area contributed by atoms with E-state index >= 15 is 0 Å². The summed E-state index contributed by atoms with van der Waals surface area (Å²) < 4.78 is 2.09. The molecule has 0 atom stereocenters. The van der Waals surface area contributed by atoms with Gasteiger partial charge in [-0.3, -0.25) is 4.68 Å². The molecule has 6 nitrogen and oxygen atoms in total. The quantitative estimate of drug-likeness (QED) is 0.791. The highest BCUT2D eigenvalue weighted by atomic mass is 15.3. The Morgan fingerprint density at radius 1 is 1.25 bits per heavy atom. The third-order valence-electron chi connectivity index (χ3n) is 5.08. The van der Waals surface area contributed by atoms with Crippen molar-refractivity contribution < 1.29 is 0 Å². The summed E-state index contributed by atoms with van der Waals surface area (Å²) in [6.45, 7) is 0. The van der Waals surface area contributed by atoms with Crippen LogP contribution in [0.15, 0.2) is 31.0 Å². The van der Waals surface area contributed by atoms with E-state index in [0.29, 0.717) is 18.4 Å². The first-order chi connectivity index (χ1) is 11.8. The number of hydrogen-bond acceptors (Lipinski definition) is 4. The van der Waals surface area contributed by atoms with Crippen LogP contribution in [-0.4, -0.2) is 24.7 Å². The molecular weight excluding hydrogens is 300 g/mol. The summed E-state index contributed by atoms with van der Waals surface area (Å²) in [4.78, 5) is 11.8. The topological polar surface area (TPSA) is 83.2 Å². The molecule has 0 aromatic carbocycles. The van der Waals surface area contributed by atoms with Crippen LogP contribution < -0.4 is 0 Å².